The first-order valence-corrected chi connectivity index (χ1v) is 6.76. The van der Waals surface area contributed by atoms with E-state index in [4.69, 9.17) is 16.9 Å². The maximum atomic E-state index is 12.6. The number of nitriles is 1. The molecule has 0 aliphatic heterocycles. The van der Waals surface area contributed by atoms with Gasteiger partial charge in [-0.15, -0.1) is 0 Å². The van der Waals surface area contributed by atoms with Gasteiger partial charge in [-0.2, -0.15) is 5.26 Å². The van der Waals surface area contributed by atoms with Crippen LogP contribution < -0.4 is 0 Å². The summed E-state index contributed by atoms with van der Waals surface area (Å²) in [6.07, 6.45) is 3.20. The first-order chi connectivity index (χ1) is 9.58. The molecule has 104 valence electrons. The van der Waals surface area contributed by atoms with Gasteiger partial charge in [0, 0.05) is 25.5 Å². The highest BCUT2D eigenvalue weighted by Crippen LogP contribution is 2.26. The number of fused-ring (bicyclic) bond motifs is 1. The number of aromatic nitrogens is 2. The highest BCUT2D eigenvalue weighted by atomic mass is 35.5. The van der Waals surface area contributed by atoms with E-state index in [9.17, 15) is 4.79 Å². The minimum absolute atomic E-state index is 0.143. The average molecular weight is 291 g/mol. The maximum absolute atomic E-state index is 12.6. The third-order valence-electron chi connectivity index (χ3n) is 3.14. The van der Waals surface area contributed by atoms with Crippen molar-refractivity contribution in [2.24, 2.45) is 5.92 Å². The predicted molar refractivity (Wildman–Crippen MR) is 77.5 cm³/mol. The molecule has 1 amide bonds. The van der Waals surface area contributed by atoms with E-state index in [0.29, 0.717) is 34.7 Å². The molecule has 0 saturated carbocycles. The van der Waals surface area contributed by atoms with Crippen molar-refractivity contribution >= 4 is 28.5 Å². The van der Waals surface area contributed by atoms with E-state index >= 15 is 0 Å². The Labute approximate surface area is 122 Å². The van der Waals surface area contributed by atoms with Gasteiger partial charge in [0.1, 0.15) is 5.65 Å². The Morgan fingerprint density at radius 3 is 3.05 bits per heavy atom. The number of amides is 1. The van der Waals surface area contributed by atoms with Crippen LogP contribution in [0.2, 0.25) is 5.02 Å². The number of halogens is 1. The van der Waals surface area contributed by atoms with Gasteiger partial charge in [0.05, 0.1) is 28.0 Å². The molecule has 0 aliphatic rings. The number of nitrogens with zero attached hydrogens (tertiary/aromatic N) is 3. The number of carbonyl (C=O) groups excluding carboxylic acids is 1. The Hall–Kier alpha value is -2.06. The molecule has 0 aromatic carbocycles. The summed E-state index contributed by atoms with van der Waals surface area (Å²) >= 11 is 6.15. The van der Waals surface area contributed by atoms with Gasteiger partial charge in [0.2, 0.25) is 0 Å². The predicted octanol–water partition coefficient (Wildman–Crippen LogP) is 2.84. The third-order valence-corrected chi connectivity index (χ3v) is 3.45. The second-order valence-electron chi connectivity index (χ2n) is 4.59. The lowest BCUT2D eigenvalue weighted by atomic mass is 10.1. The number of pyridine rings is 1. The molecule has 5 nitrogen and oxygen atoms in total. The number of hydrogen-bond donors (Lipinski definition) is 1. The first kappa shape index (κ1) is 14.4. The molecule has 2 aromatic rings. The molecule has 0 fully saturated rings. The molecule has 2 rings (SSSR count). The van der Waals surface area contributed by atoms with Crippen molar-refractivity contribution in [3.8, 4) is 6.07 Å². The van der Waals surface area contributed by atoms with Crippen LogP contribution in [0.25, 0.3) is 11.0 Å². The summed E-state index contributed by atoms with van der Waals surface area (Å²) in [5, 5.41) is 10.00. The molecule has 0 spiro atoms. The number of H-pyrrole nitrogens is 1. The highest BCUT2D eigenvalue weighted by molar-refractivity contribution is 6.36. The molecular formula is C14H15ClN4O. The summed E-state index contributed by atoms with van der Waals surface area (Å²) in [7, 11) is 0. The van der Waals surface area contributed by atoms with Gasteiger partial charge in [-0.25, -0.2) is 4.98 Å². The molecule has 1 N–H and O–H groups in total. The molecule has 2 heterocycles. The second kappa shape index (κ2) is 5.93. The minimum atomic E-state index is -0.210. The van der Waals surface area contributed by atoms with Crippen LogP contribution in [0.4, 0.5) is 0 Å². The van der Waals surface area contributed by atoms with E-state index in [1.165, 1.54) is 0 Å². The van der Waals surface area contributed by atoms with Crippen molar-refractivity contribution in [2.75, 3.05) is 13.1 Å². The van der Waals surface area contributed by atoms with E-state index in [1.807, 2.05) is 6.92 Å². The third kappa shape index (κ3) is 2.61. The molecule has 20 heavy (non-hydrogen) atoms. The van der Waals surface area contributed by atoms with E-state index in [-0.39, 0.29) is 11.8 Å². The van der Waals surface area contributed by atoms with Crippen LogP contribution in [-0.2, 0) is 0 Å². The van der Waals surface area contributed by atoms with Crippen molar-refractivity contribution in [1.29, 1.82) is 5.26 Å². The summed E-state index contributed by atoms with van der Waals surface area (Å²) < 4.78 is 0. The molecular weight excluding hydrogens is 276 g/mol. The Morgan fingerprint density at radius 2 is 2.40 bits per heavy atom. The Morgan fingerprint density at radius 1 is 1.65 bits per heavy atom. The van der Waals surface area contributed by atoms with Gasteiger partial charge >= 0.3 is 0 Å². The number of carbonyl (C=O) groups is 1. The molecule has 1 atom stereocenters. The number of hydrogen-bond acceptors (Lipinski definition) is 3. The average Bonchev–Trinajstić information content (AvgIpc) is 2.89. The maximum Gasteiger partial charge on any atom is 0.256 e. The van der Waals surface area contributed by atoms with Gasteiger partial charge in [-0.3, -0.25) is 4.79 Å². The molecule has 0 bridgehead atoms. The molecule has 0 unspecified atom stereocenters. The summed E-state index contributed by atoms with van der Waals surface area (Å²) in [5.74, 6) is -0.353. The lowest BCUT2D eigenvalue weighted by molar-refractivity contribution is 0.0754. The number of rotatable bonds is 4. The van der Waals surface area contributed by atoms with Crippen molar-refractivity contribution in [1.82, 2.24) is 14.9 Å². The summed E-state index contributed by atoms with van der Waals surface area (Å²) in [6.45, 7) is 4.61. The van der Waals surface area contributed by atoms with Gasteiger partial charge in [0.25, 0.3) is 5.91 Å². The van der Waals surface area contributed by atoms with Crippen molar-refractivity contribution in [3.05, 3.63) is 29.0 Å². The summed E-state index contributed by atoms with van der Waals surface area (Å²) in [5.41, 5.74) is 1.08. The number of aromatic amines is 1. The van der Waals surface area contributed by atoms with Crippen LogP contribution in [-0.4, -0.2) is 33.9 Å². The van der Waals surface area contributed by atoms with Crippen molar-refractivity contribution < 1.29 is 4.79 Å². The van der Waals surface area contributed by atoms with Crippen LogP contribution in [0.5, 0.6) is 0 Å². The van der Waals surface area contributed by atoms with Crippen molar-refractivity contribution in [2.45, 2.75) is 13.8 Å². The minimum Gasteiger partial charge on any atom is -0.345 e. The molecule has 6 heteroatoms. The topological polar surface area (TPSA) is 72.8 Å². The largest absolute Gasteiger partial charge is 0.345 e. The monoisotopic (exact) mass is 290 g/mol. The normalized spacial score (nSPS) is 12.1. The molecule has 2 aromatic heterocycles. The fraction of sp³-hybridized carbons (Fsp3) is 0.357. The fourth-order valence-corrected chi connectivity index (χ4v) is 2.33. The second-order valence-corrected chi connectivity index (χ2v) is 5.00. The lowest BCUT2D eigenvalue weighted by Gasteiger charge is -2.21. The zero-order chi connectivity index (χ0) is 14.7. The van der Waals surface area contributed by atoms with Crippen LogP contribution in [0.15, 0.2) is 18.5 Å². The Bertz CT molecular complexity index is 673. The molecule has 0 saturated heterocycles. The Balaban J connectivity index is 2.38. The van der Waals surface area contributed by atoms with Crippen LogP contribution in [0.3, 0.4) is 0 Å². The lowest BCUT2D eigenvalue weighted by Crippen LogP contribution is -2.34. The standard InChI is InChI=1S/C14H15ClN4O/c1-3-19(8-9(2)6-16)14(20)10-7-18-13-12(10)11(15)4-5-17-13/h4-5,7,9H,3,8H2,1-2H3,(H,17,18)/t9-/m1/s1. The zero-order valence-electron chi connectivity index (χ0n) is 11.4. The summed E-state index contributed by atoms with van der Waals surface area (Å²) in [4.78, 5) is 21.3. The quantitative estimate of drug-likeness (QED) is 0.941. The van der Waals surface area contributed by atoms with E-state index < -0.39 is 0 Å². The van der Waals surface area contributed by atoms with Crippen LogP contribution >= 0.6 is 11.6 Å². The van der Waals surface area contributed by atoms with Gasteiger partial charge in [-0.05, 0) is 19.9 Å². The van der Waals surface area contributed by atoms with Gasteiger partial charge in [0.15, 0.2) is 0 Å². The van der Waals surface area contributed by atoms with Gasteiger partial charge < -0.3 is 9.88 Å². The first-order valence-electron chi connectivity index (χ1n) is 6.39. The SMILES string of the molecule is CCN(C[C@H](C)C#N)C(=O)c1c[nH]c2nccc(Cl)c12. The zero-order valence-corrected chi connectivity index (χ0v) is 12.1. The molecule has 0 aliphatic carbocycles. The van der Waals surface area contributed by atoms with E-state index in [1.54, 1.807) is 30.3 Å². The highest BCUT2D eigenvalue weighted by Gasteiger charge is 2.21. The van der Waals surface area contributed by atoms with E-state index in [2.05, 4.69) is 16.0 Å². The van der Waals surface area contributed by atoms with E-state index in [0.717, 1.165) is 0 Å². The van der Waals surface area contributed by atoms with Crippen LogP contribution in [0, 0.1) is 17.2 Å². The smallest absolute Gasteiger partial charge is 0.256 e. The Kier molecular flexibility index (Phi) is 4.26. The fourth-order valence-electron chi connectivity index (χ4n) is 2.08. The molecule has 0 radical (unpaired) electrons. The van der Waals surface area contributed by atoms with Gasteiger partial charge in [-0.1, -0.05) is 11.6 Å². The summed E-state index contributed by atoms with van der Waals surface area (Å²) in [6, 6.07) is 3.79. The number of nitrogens with one attached hydrogen (secondary N) is 1. The van der Waals surface area contributed by atoms with Crippen LogP contribution in [0.1, 0.15) is 24.2 Å². The van der Waals surface area contributed by atoms with Crippen molar-refractivity contribution in [3.63, 3.8) is 0 Å².